The Balaban J connectivity index is 1.75. The molecule has 186 valence electrons. The number of hydrogen-bond donors (Lipinski definition) is 2. The number of anilines is 1. The van der Waals surface area contributed by atoms with Gasteiger partial charge in [-0.05, 0) is 68.7 Å². The quantitative estimate of drug-likeness (QED) is 0.590. The Kier molecular flexibility index (Phi) is 7.55. The van der Waals surface area contributed by atoms with E-state index in [9.17, 15) is 8.42 Å². The van der Waals surface area contributed by atoms with Crippen LogP contribution in [0.5, 0.6) is 5.75 Å². The SMILES string of the molecule is COc1ccc(N(C(C)C)S(C)(=O)=O)cc1C(N)C1CC2CCCCC2NC1c1ccccc1. The third-order valence-corrected chi connectivity index (χ3v) is 8.93. The minimum Gasteiger partial charge on any atom is -0.496 e. The van der Waals surface area contributed by atoms with Gasteiger partial charge >= 0.3 is 0 Å². The van der Waals surface area contributed by atoms with E-state index in [2.05, 4.69) is 29.6 Å². The fourth-order valence-electron chi connectivity index (χ4n) is 6.13. The summed E-state index contributed by atoms with van der Waals surface area (Å²) in [7, 11) is -1.79. The molecule has 0 spiro atoms. The van der Waals surface area contributed by atoms with Gasteiger partial charge in [0.25, 0.3) is 0 Å². The van der Waals surface area contributed by atoms with Gasteiger partial charge in [0.05, 0.1) is 19.1 Å². The fourth-order valence-corrected chi connectivity index (χ4v) is 7.39. The number of methoxy groups -OCH3 is 1. The van der Waals surface area contributed by atoms with Crippen molar-refractivity contribution < 1.29 is 13.2 Å². The first kappa shape index (κ1) is 25.0. The predicted molar refractivity (Wildman–Crippen MR) is 139 cm³/mol. The van der Waals surface area contributed by atoms with Gasteiger partial charge in [-0.1, -0.05) is 43.2 Å². The van der Waals surface area contributed by atoms with Crippen molar-refractivity contribution in [1.29, 1.82) is 0 Å². The molecule has 0 aromatic heterocycles. The molecule has 5 unspecified atom stereocenters. The Morgan fingerprint density at radius 3 is 2.44 bits per heavy atom. The second-order valence-corrected chi connectivity index (χ2v) is 12.1. The van der Waals surface area contributed by atoms with Crippen molar-refractivity contribution in [3.63, 3.8) is 0 Å². The van der Waals surface area contributed by atoms with E-state index in [0.717, 1.165) is 12.0 Å². The molecule has 5 atom stereocenters. The van der Waals surface area contributed by atoms with Gasteiger partial charge in [0.2, 0.25) is 10.0 Å². The average Bonchev–Trinajstić information content (AvgIpc) is 2.82. The van der Waals surface area contributed by atoms with E-state index in [-0.39, 0.29) is 24.0 Å². The van der Waals surface area contributed by atoms with Gasteiger partial charge in [0, 0.05) is 29.7 Å². The zero-order chi connectivity index (χ0) is 24.5. The molecule has 1 aliphatic heterocycles. The molecule has 2 fully saturated rings. The normalized spacial score (nSPS) is 26.1. The number of nitrogens with two attached hydrogens (primary N) is 1. The molecule has 4 rings (SSSR count). The highest BCUT2D eigenvalue weighted by Crippen LogP contribution is 2.46. The highest BCUT2D eigenvalue weighted by atomic mass is 32.2. The molecule has 2 aromatic carbocycles. The van der Waals surface area contributed by atoms with Gasteiger partial charge in [0.15, 0.2) is 0 Å². The van der Waals surface area contributed by atoms with Crippen molar-refractivity contribution in [2.75, 3.05) is 17.7 Å². The van der Waals surface area contributed by atoms with Crippen molar-refractivity contribution in [2.45, 2.75) is 70.1 Å². The fraction of sp³-hybridized carbons (Fsp3) is 0.556. The minimum absolute atomic E-state index is 0.139. The van der Waals surface area contributed by atoms with Crippen molar-refractivity contribution >= 4 is 15.7 Å². The lowest BCUT2D eigenvalue weighted by molar-refractivity contribution is 0.107. The summed E-state index contributed by atoms with van der Waals surface area (Å²) in [6, 6.07) is 16.3. The number of nitrogens with zero attached hydrogens (tertiary/aromatic N) is 1. The second kappa shape index (κ2) is 10.3. The van der Waals surface area contributed by atoms with Crippen LogP contribution in [-0.2, 0) is 10.0 Å². The summed E-state index contributed by atoms with van der Waals surface area (Å²) in [4.78, 5) is 0. The van der Waals surface area contributed by atoms with Crippen molar-refractivity contribution in [3.8, 4) is 5.75 Å². The molecule has 1 saturated heterocycles. The predicted octanol–water partition coefficient (Wildman–Crippen LogP) is 4.78. The van der Waals surface area contributed by atoms with Crippen molar-refractivity contribution in [2.24, 2.45) is 17.6 Å². The van der Waals surface area contributed by atoms with Gasteiger partial charge in [0.1, 0.15) is 5.75 Å². The smallest absolute Gasteiger partial charge is 0.232 e. The van der Waals surface area contributed by atoms with E-state index in [4.69, 9.17) is 10.5 Å². The molecule has 2 aliphatic rings. The van der Waals surface area contributed by atoms with Crippen LogP contribution in [0.1, 0.15) is 69.2 Å². The number of sulfonamides is 1. The van der Waals surface area contributed by atoms with E-state index >= 15 is 0 Å². The number of benzene rings is 2. The molecule has 0 amide bonds. The summed E-state index contributed by atoms with van der Waals surface area (Å²) in [5, 5.41) is 3.96. The zero-order valence-corrected chi connectivity index (χ0v) is 21.6. The number of nitrogens with one attached hydrogen (secondary N) is 1. The van der Waals surface area contributed by atoms with Gasteiger partial charge < -0.3 is 15.8 Å². The molecule has 7 heteroatoms. The van der Waals surface area contributed by atoms with E-state index in [1.165, 1.54) is 41.8 Å². The topological polar surface area (TPSA) is 84.7 Å². The molecule has 0 radical (unpaired) electrons. The summed E-state index contributed by atoms with van der Waals surface area (Å²) in [6.45, 7) is 3.76. The third kappa shape index (κ3) is 5.11. The molecule has 34 heavy (non-hydrogen) atoms. The maximum atomic E-state index is 12.6. The molecule has 1 heterocycles. The van der Waals surface area contributed by atoms with E-state index in [1.807, 2.05) is 32.0 Å². The molecule has 6 nitrogen and oxygen atoms in total. The molecule has 3 N–H and O–H groups in total. The maximum absolute atomic E-state index is 12.6. The van der Waals surface area contributed by atoms with E-state index in [0.29, 0.717) is 23.4 Å². The second-order valence-electron chi connectivity index (χ2n) is 10.2. The number of hydrogen-bond acceptors (Lipinski definition) is 5. The monoisotopic (exact) mass is 485 g/mol. The minimum atomic E-state index is -3.43. The van der Waals surface area contributed by atoms with Crippen LogP contribution in [0.25, 0.3) is 0 Å². The average molecular weight is 486 g/mol. The zero-order valence-electron chi connectivity index (χ0n) is 20.8. The van der Waals surface area contributed by atoms with Gasteiger partial charge in [-0.25, -0.2) is 8.42 Å². The number of ether oxygens (including phenoxy) is 1. The Hall–Kier alpha value is -2.09. The lowest BCUT2D eigenvalue weighted by Crippen LogP contribution is -2.51. The molecular weight excluding hydrogens is 446 g/mol. The number of fused-ring (bicyclic) bond motifs is 1. The molecular formula is C27H39N3O3S. The van der Waals surface area contributed by atoms with Crippen LogP contribution in [0.3, 0.4) is 0 Å². The summed E-state index contributed by atoms with van der Waals surface area (Å²) in [5.41, 5.74) is 9.80. The lowest BCUT2D eigenvalue weighted by atomic mass is 9.69. The maximum Gasteiger partial charge on any atom is 0.232 e. The van der Waals surface area contributed by atoms with E-state index in [1.54, 1.807) is 13.2 Å². The van der Waals surface area contributed by atoms with Gasteiger partial charge in [-0.2, -0.15) is 0 Å². The largest absolute Gasteiger partial charge is 0.496 e. The van der Waals surface area contributed by atoms with Crippen molar-refractivity contribution in [1.82, 2.24) is 5.32 Å². The number of piperidine rings is 1. The van der Waals surface area contributed by atoms with Crippen LogP contribution in [0.15, 0.2) is 48.5 Å². The first-order valence-electron chi connectivity index (χ1n) is 12.4. The van der Waals surface area contributed by atoms with Crippen LogP contribution in [0, 0.1) is 11.8 Å². The molecule has 2 aromatic rings. The molecule has 1 aliphatic carbocycles. The summed E-state index contributed by atoms with van der Waals surface area (Å²) in [5.74, 6) is 1.48. The number of rotatable bonds is 7. The van der Waals surface area contributed by atoms with Gasteiger partial charge in [-0.3, -0.25) is 4.31 Å². The first-order chi connectivity index (χ1) is 16.2. The summed E-state index contributed by atoms with van der Waals surface area (Å²) < 4.78 is 32.3. The van der Waals surface area contributed by atoms with Crippen LogP contribution >= 0.6 is 0 Å². The standard InChI is InChI=1S/C27H39N3O3S/c1-18(2)30(34(4,31)32)21-14-15-25(33-3)22(17-21)26(28)23-16-20-12-8-9-13-24(20)29-27(23)19-10-6-5-7-11-19/h5-7,10-11,14-15,17-18,20,23-24,26-27,29H,8-9,12-13,16,28H2,1-4H3. The highest BCUT2D eigenvalue weighted by Gasteiger charge is 2.41. The third-order valence-electron chi connectivity index (χ3n) is 7.58. The Labute approximate surface area is 204 Å². The first-order valence-corrected chi connectivity index (χ1v) is 14.3. The Morgan fingerprint density at radius 2 is 1.79 bits per heavy atom. The molecule has 0 bridgehead atoms. The molecule has 1 saturated carbocycles. The van der Waals surface area contributed by atoms with Crippen LogP contribution in [0.2, 0.25) is 0 Å². The summed E-state index contributed by atoms with van der Waals surface area (Å²) >= 11 is 0. The lowest BCUT2D eigenvalue weighted by Gasteiger charge is -2.47. The van der Waals surface area contributed by atoms with E-state index < -0.39 is 10.0 Å². The van der Waals surface area contributed by atoms with Crippen molar-refractivity contribution in [3.05, 3.63) is 59.7 Å². The highest BCUT2D eigenvalue weighted by molar-refractivity contribution is 7.92. The Morgan fingerprint density at radius 1 is 1.09 bits per heavy atom. The van der Waals surface area contributed by atoms with Crippen LogP contribution in [0.4, 0.5) is 5.69 Å². The Bertz CT molecular complexity index is 1070. The van der Waals surface area contributed by atoms with Crippen LogP contribution in [-0.4, -0.2) is 33.9 Å². The van der Waals surface area contributed by atoms with Crippen LogP contribution < -0.4 is 20.1 Å². The summed E-state index contributed by atoms with van der Waals surface area (Å²) in [6.07, 6.45) is 7.29. The van der Waals surface area contributed by atoms with Gasteiger partial charge in [-0.15, -0.1) is 0 Å².